The molecule has 2 aromatic rings. The lowest BCUT2D eigenvalue weighted by molar-refractivity contribution is -0.154. The highest BCUT2D eigenvalue weighted by Crippen LogP contribution is 2.27. The minimum absolute atomic E-state index is 0.101. The van der Waals surface area contributed by atoms with Crippen molar-refractivity contribution in [3.05, 3.63) is 47.2 Å². The lowest BCUT2D eigenvalue weighted by atomic mass is 9.89. The average molecular weight is 550 g/mol. The highest BCUT2D eigenvalue weighted by Gasteiger charge is 2.33. The lowest BCUT2D eigenvalue weighted by Gasteiger charge is -2.35. The number of carbonyl (C=O) groups is 3. The molecule has 2 amide bonds. The molecule has 1 saturated heterocycles. The van der Waals surface area contributed by atoms with Gasteiger partial charge in [-0.25, -0.2) is 15.4 Å². The highest BCUT2D eigenvalue weighted by atomic mass is 16.5. The summed E-state index contributed by atoms with van der Waals surface area (Å²) in [4.78, 5) is 44.6. The number of hydrogen-bond acceptors (Lipinski definition) is 7. The molecule has 0 radical (unpaired) electrons. The number of rotatable bonds is 1. The minimum atomic E-state index is -0.853. The molecular weight excluding hydrogens is 506 g/mol. The fourth-order valence-electron chi connectivity index (χ4n) is 5.23. The molecule has 0 saturated carbocycles. The summed E-state index contributed by atoms with van der Waals surface area (Å²) in [5.41, 5.74) is 5.78. The molecule has 9 heteroatoms. The SMILES string of the molecule is Cc1cc2ccc3cc2nc1[C@@H](C)OC(=O)[C@@H]1CCCN(C[C@H](C)NC(=O)[C@H](C(C)C)NC(=O)C(C)(C)C=C3)N1. The Morgan fingerprint density at radius 3 is 2.58 bits per heavy atom. The van der Waals surface area contributed by atoms with Crippen LogP contribution in [0.3, 0.4) is 0 Å². The summed E-state index contributed by atoms with van der Waals surface area (Å²) in [6.07, 6.45) is 4.72. The van der Waals surface area contributed by atoms with Gasteiger partial charge >= 0.3 is 5.97 Å². The van der Waals surface area contributed by atoms with E-state index in [-0.39, 0.29) is 29.7 Å². The second-order valence-corrected chi connectivity index (χ2v) is 12.2. The van der Waals surface area contributed by atoms with Crippen LogP contribution in [0.15, 0.2) is 30.3 Å². The van der Waals surface area contributed by atoms with Crippen LogP contribution in [0, 0.1) is 18.3 Å². The van der Waals surface area contributed by atoms with Crippen molar-refractivity contribution in [2.75, 3.05) is 13.1 Å². The van der Waals surface area contributed by atoms with Gasteiger partial charge in [-0.15, -0.1) is 0 Å². The van der Waals surface area contributed by atoms with Gasteiger partial charge in [0.15, 0.2) is 0 Å². The molecule has 1 fully saturated rings. The number of hydrogen-bond donors (Lipinski definition) is 3. The number of nitrogens with zero attached hydrogens (tertiary/aromatic N) is 2. The van der Waals surface area contributed by atoms with E-state index < -0.39 is 23.6 Å². The number of amides is 2. The zero-order valence-corrected chi connectivity index (χ0v) is 24.7. The third-order valence-electron chi connectivity index (χ3n) is 7.69. The molecular formula is C31H43N5O4. The number of ether oxygens (including phenoxy) is 1. The van der Waals surface area contributed by atoms with E-state index in [4.69, 9.17) is 9.72 Å². The maximum absolute atomic E-state index is 13.3. The maximum Gasteiger partial charge on any atom is 0.325 e. The lowest BCUT2D eigenvalue weighted by Crippen LogP contribution is -2.58. The summed E-state index contributed by atoms with van der Waals surface area (Å²) in [5.74, 6) is -0.869. The van der Waals surface area contributed by atoms with Gasteiger partial charge in [-0.05, 0) is 76.6 Å². The van der Waals surface area contributed by atoms with Gasteiger partial charge in [0.25, 0.3) is 0 Å². The quantitative estimate of drug-likeness (QED) is 0.464. The first kappa shape index (κ1) is 29.7. The molecule has 1 aromatic heterocycles. The Labute approximate surface area is 237 Å². The van der Waals surface area contributed by atoms with E-state index in [1.807, 2.05) is 83.8 Å². The molecule has 5 atom stereocenters. The Balaban J connectivity index is 1.70. The number of benzene rings is 1. The smallest absolute Gasteiger partial charge is 0.325 e. The molecule has 1 unspecified atom stereocenters. The number of aromatic nitrogens is 1. The Morgan fingerprint density at radius 1 is 1.10 bits per heavy atom. The second-order valence-electron chi connectivity index (χ2n) is 12.2. The first-order valence-corrected chi connectivity index (χ1v) is 14.3. The van der Waals surface area contributed by atoms with Crippen molar-refractivity contribution in [3.8, 4) is 0 Å². The van der Waals surface area contributed by atoms with Crippen molar-refractivity contribution in [2.24, 2.45) is 11.3 Å². The minimum Gasteiger partial charge on any atom is -0.455 e. The monoisotopic (exact) mass is 549 g/mol. The van der Waals surface area contributed by atoms with E-state index in [0.29, 0.717) is 13.0 Å². The Morgan fingerprint density at radius 2 is 1.85 bits per heavy atom. The summed E-state index contributed by atoms with van der Waals surface area (Å²) in [6, 6.07) is 6.64. The molecule has 3 N–H and O–H groups in total. The van der Waals surface area contributed by atoms with Crippen molar-refractivity contribution >= 4 is 34.8 Å². The number of fused-ring (bicyclic) bond motifs is 4. The predicted molar refractivity (Wildman–Crippen MR) is 156 cm³/mol. The zero-order valence-electron chi connectivity index (χ0n) is 24.7. The fourth-order valence-corrected chi connectivity index (χ4v) is 5.23. The third kappa shape index (κ3) is 6.88. The van der Waals surface area contributed by atoms with Gasteiger partial charge in [0.05, 0.1) is 16.6 Å². The number of pyridine rings is 1. The van der Waals surface area contributed by atoms with Crippen LogP contribution < -0.4 is 16.1 Å². The molecule has 40 heavy (non-hydrogen) atoms. The van der Waals surface area contributed by atoms with Gasteiger partial charge in [-0.3, -0.25) is 14.4 Å². The van der Waals surface area contributed by atoms with E-state index >= 15 is 0 Å². The molecule has 3 heterocycles. The number of hydrazine groups is 1. The first-order chi connectivity index (χ1) is 18.8. The van der Waals surface area contributed by atoms with Crippen LogP contribution in [0.5, 0.6) is 0 Å². The number of aryl methyl sites for hydroxylation is 1. The van der Waals surface area contributed by atoms with Gasteiger partial charge in [-0.1, -0.05) is 38.1 Å². The standard InChI is InChI=1S/C31H43N5O4/c1-18(2)26-28(37)32-20(4)17-36-14-8-9-24(35-36)29(38)40-21(5)27-19(3)15-23-11-10-22(16-25(23)33-27)12-13-31(6,7)30(39)34-26/h10-13,15-16,18,20-21,24,26,35H,8-9,14,17H2,1-7H3,(H,32,37)(H,34,39)/t20-,21+,24-,26-/m0/s1. The zero-order chi connectivity index (χ0) is 29.2. The van der Waals surface area contributed by atoms with E-state index in [9.17, 15) is 14.4 Å². The van der Waals surface area contributed by atoms with Crippen molar-refractivity contribution in [3.63, 3.8) is 0 Å². The number of carbonyl (C=O) groups excluding carboxylic acids is 3. The van der Waals surface area contributed by atoms with E-state index in [2.05, 4.69) is 22.1 Å². The van der Waals surface area contributed by atoms with Crippen LogP contribution >= 0.6 is 0 Å². The van der Waals surface area contributed by atoms with Gasteiger partial charge in [0.2, 0.25) is 11.8 Å². The van der Waals surface area contributed by atoms with E-state index in [0.717, 1.165) is 40.7 Å². The highest BCUT2D eigenvalue weighted by molar-refractivity contribution is 5.91. The molecule has 9 nitrogen and oxygen atoms in total. The topological polar surface area (TPSA) is 113 Å². The van der Waals surface area contributed by atoms with Crippen molar-refractivity contribution in [2.45, 2.75) is 85.5 Å². The predicted octanol–water partition coefficient (Wildman–Crippen LogP) is 3.81. The molecule has 216 valence electrons. The van der Waals surface area contributed by atoms with E-state index in [1.54, 1.807) is 0 Å². The molecule has 2 aliphatic rings. The summed E-state index contributed by atoms with van der Waals surface area (Å²) in [7, 11) is 0. The third-order valence-corrected chi connectivity index (χ3v) is 7.69. The maximum atomic E-state index is 13.3. The summed E-state index contributed by atoms with van der Waals surface area (Å²) in [6.45, 7) is 14.5. The van der Waals surface area contributed by atoms with Crippen molar-refractivity contribution < 1.29 is 19.1 Å². The fraction of sp³-hybridized carbons (Fsp3) is 0.548. The molecule has 5 bridgehead atoms. The van der Waals surface area contributed by atoms with Crippen LogP contribution in [-0.2, 0) is 19.1 Å². The average Bonchev–Trinajstić information content (AvgIpc) is 2.89. The largest absolute Gasteiger partial charge is 0.455 e. The molecule has 1 aromatic carbocycles. The summed E-state index contributed by atoms with van der Waals surface area (Å²) in [5, 5.41) is 8.97. The van der Waals surface area contributed by atoms with E-state index in [1.165, 1.54) is 0 Å². The van der Waals surface area contributed by atoms with Crippen molar-refractivity contribution in [1.82, 2.24) is 26.1 Å². The van der Waals surface area contributed by atoms with Crippen LogP contribution in [0.4, 0.5) is 0 Å². The van der Waals surface area contributed by atoms with Gasteiger partial charge in [0, 0.05) is 24.5 Å². The van der Waals surface area contributed by atoms with Crippen LogP contribution in [-0.4, -0.2) is 59.0 Å². The van der Waals surface area contributed by atoms with Gasteiger partial charge in [0.1, 0.15) is 18.2 Å². The molecule has 0 spiro atoms. The molecule has 2 aliphatic heterocycles. The second kappa shape index (κ2) is 12.1. The number of nitrogens with one attached hydrogen (secondary N) is 3. The number of cyclic esters (lactones) is 1. The Kier molecular flexibility index (Phi) is 8.95. The normalized spacial score (nSPS) is 28.2. The molecule has 0 aliphatic carbocycles. The summed E-state index contributed by atoms with van der Waals surface area (Å²) >= 11 is 0. The van der Waals surface area contributed by atoms with Crippen LogP contribution in [0.2, 0.25) is 0 Å². The van der Waals surface area contributed by atoms with Crippen molar-refractivity contribution in [1.29, 1.82) is 0 Å². The molecule has 4 rings (SSSR count). The summed E-state index contributed by atoms with van der Waals surface area (Å²) < 4.78 is 5.90. The van der Waals surface area contributed by atoms with Gasteiger partial charge in [-0.2, -0.15) is 0 Å². The van der Waals surface area contributed by atoms with Crippen LogP contribution in [0.25, 0.3) is 17.0 Å². The van der Waals surface area contributed by atoms with Gasteiger partial charge < -0.3 is 15.4 Å². The Bertz CT molecular complexity index is 1300. The first-order valence-electron chi connectivity index (χ1n) is 14.3. The van der Waals surface area contributed by atoms with Crippen LogP contribution in [0.1, 0.15) is 77.3 Å². The number of esters is 1. The Hall–Kier alpha value is -3.30.